The number of rotatable bonds is 5. The Balaban J connectivity index is 1.89. The second kappa shape index (κ2) is 6.01. The van der Waals surface area contributed by atoms with Gasteiger partial charge in [0.05, 0.1) is 25.7 Å². The molecule has 0 radical (unpaired) electrons. The van der Waals surface area contributed by atoms with Crippen molar-refractivity contribution in [3.63, 3.8) is 0 Å². The van der Waals surface area contributed by atoms with E-state index in [1.807, 2.05) is 30.3 Å². The van der Waals surface area contributed by atoms with Gasteiger partial charge in [0.25, 0.3) is 0 Å². The lowest BCUT2D eigenvalue weighted by atomic mass is 9.87. The molecule has 3 heteroatoms. The molecule has 0 unspecified atom stereocenters. The van der Waals surface area contributed by atoms with Crippen molar-refractivity contribution in [2.75, 3.05) is 13.7 Å². The zero-order chi connectivity index (χ0) is 12.8. The first-order valence-electron chi connectivity index (χ1n) is 6.47. The summed E-state index contributed by atoms with van der Waals surface area (Å²) in [5.74, 6) is -0.118. The van der Waals surface area contributed by atoms with Crippen molar-refractivity contribution >= 4 is 5.97 Å². The van der Waals surface area contributed by atoms with Crippen LogP contribution < -0.4 is 0 Å². The smallest absolute Gasteiger partial charge is 0.314 e. The van der Waals surface area contributed by atoms with Crippen LogP contribution in [0.1, 0.15) is 31.2 Å². The Morgan fingerprint density at radius 3 is 2.50 bits per heavy atom. The SMILES string of the molecule is COC(=O)C1(COCc2ccccc2)CCCC1. The third kappa shape index (κ3) is 2.91. The average molecular weight is 248 g/mol. The highest BCUT2D eigenvalue weighted by Crippen LogP contribution is 2.39. The van der Waals surface area contributed by atoms with Gasteiger partial charge in [-0.05, 0) is 18.4 Å². The first kappa shape index (κ1) is 13.1. The van der Waals surface area contributed by atoms with Crippen LogP contribution >= 0.6 is 0 Å². The Morgan fingerprint density at radius 1 is 1.22 bits per heavy atom. The highest BCUT2D eigenvalue weighted by Gasteiger charge is 2.42. The van der Waals surface area contributed by atoms with E-state index in [4.69, 9.17) is 9.47 Å². The highest BCUT2D eigenvalue weighted by molar-refractivity contribution is 5.77. The third-order valence-electron chi connectivity index (χ3n) is 3.67. The Hall–Kier alpha value is -1.35. The third-order valence-corrected chi connectivity index (χ3v) is 3.67. The Morgan fingerprint density at radius 2 is 1.89 bits per heavy atom. The second-order valence-electron chi connectivity index (χ2n) is 4.96. The summed E-state index contributed by atoms with van der Waals surface area (Å²) < 4.78 is 10.7. The molecule has 18 heavy (non-hydrogen) atoms. The molecule has 0 spiro atoms. The lowest BCUT2D eigenvalue weighted by Crippen LogP contribution is -2.34. The summed E-state index contributed by atoms with van der Waals surface area (Å²) in [6, 6.07) is 10.0. The predicted octanol–water partition coefficient (Wildman–Crippen LogP) is 2.94. The van der Waals surface area contributed by atoms with Crippen LogP contribution in [0.25, 0.3) is 0 Å². The molecular formula is C15H20O3. The molecule has 0 saturated heterocycles. The number of methoxy groups -OCH3 is 1. The maximum absolute atomic E-state index is 11.9. The molecule has 1 aromatic carbocycles. The topological polar surface area (TPSA) is 35.5 Å². The van der Waals surface area contributed by atoms with Crippen molar-refractivity contribution in [3.8, 4) is 0 Å². The van der Waals surface area contributed by atoms with Crippen LogP contribution in [-0.2, 0) is 20.9 Å². The maximum Gasteiger partial charge on any atom is 0.314 e. The molecule has 0 heterocycles. The highest BCUT2D eigenvalue weighted by atomic mass is 16.5. The molecule has 0 N–H and O–H groups in total. The van der Waals surface area contributed by atoms with Crippen LogP contribution in [0, 0.1) is 5.41 Å². The van der Waals surface area contributed by atoms with E-state index >= 15 is 0 Å². The molecule has 1 fully saturated rings. The molecule has 98 valence electrons. The van der Waals surface area contributed by atoms with Crippen LogP contribution in [0.5, 0.6) is 0 Å². The quantitative estimate of drug-likeness (QED) is 0.752. The number of esters is 1. The van der Waals surface area contributed by atoms with Crippen LogP contribution in [0.3, 0.4) is 0 Å². The van der Waals surface area contributed by atoms with Gasteiger partial charge in [-0.3, -0.25) is 4.79 Å². The van der Waals surface area contributed by atoms with Gasteiger partial charge in [-0.1, -0.05) is 43.2 Å². The lowest BCUT2D eigenvalue weighted by Gasteiger charge is -2.25. The molecule has 1 aliphatic carbocycles. The molecule has 0 atom stereocenters. The van der Waals surface area contributed by atoms with Gasteiger partial charge in [-0.15, -0.1) is 0 Å². The molecule has 0 bridgehead atoms. The van der Waals surface area contributed by atoms with E-state index in [0.717, 1.165) is 31.2 Å². The number of hydrogen-bond acceptors (Lipinski definition) is 3. The fourth-order valence-electron chi connectivity index (χ4n) is 2.61. The van der Waals surface area contributed by atoms with Crippen molar-refractivity contribution in [2.45, 2.75) is 32.3 Å². The van der Waals surface area contributed by atoms with Crippen molar-refractivity contribution in [1.82, 2.24) is 0 Å². The van der Waals surface area contributed by atoms with Crippen LogP contribution in [0.2, 0.25) is 0 Å². The fourth-order valence-corrected chi connectivity index (χ4v) is 2.61. The number of benzene rings is 1. The van der Waals surface area contributed by atoms with E-state index in [-0.39, 0.29) is 5.97 Å². The molecule has 0 amide bonds. The summed E-state index contributed by atoms with van der Waals surface area (Å²) in [6.45, 7) is 1.02. The summed E-state index contributed by atoms with van der Waals surface area (Å²) in [6.07, 6.45) is 3.94. The molecule has 0 aromatic heterocycles. The first-order chi connectivity index (χ1) is 8.77. The molecule has 2 rings (SSSR count). The minimum atomic E-state index is -0.399. The van der Waals surface area contributed by atoms with Gasteiger partial charge >= 0.3 is 5.97 Å². The van der Waals surface area contributed by atoms with Gasteiger partial charge in [0.15, 0.2) is 0 Å². The van der Waals surface area contributed by atoms with E-state index in [1.54, 1.807) is 0 Å². The van der Waals surface area contributed by atoms with E-state index in [1.165, 1.54) is 7.11 Å². The van der Waals surface area contributed by atoms with Gasteiger partial charge < -0.3 is 9.47 Å². The Bertz CT molecular complexity index is 380. The van der Waals surface area contributed by atoms with Crippen molar-refractivity contribution in [3.05, 3.63) is 35.9 Å². The number of carbonyl (C=O) groups excluding carboxylic acids is 1. The predicted molar refractivity (Wildman–Crippen MR) is 69.0 cm³/mol. The Kier molecular flexibility index (Phi) is 4.37. The van der Waals surface area contributed by atoms with Crippen LogP contribution in [0.4, 0.5) is 0 Å². The molecule has 1 aromatic rings. The minimum absolute atomic E-state index is 0.118. The van der Waals surface area contributed by atoms with Gasteiger partial charge in [0.1, 0.15) is 0 Å². The van der Waals surface area contributed by atoms with Gasteiger partial charge in [-0.25, -0.2) is 0 Å². The lowest BCUT2D eigenvalue weighted by molar-refractivity contribution is -0.156. The van der Waals surface area contributed by atoms with E-state index in [0.29, 0.717) is 13.2 Å². The molecule has 3 nitrogen and oxygen atoms in total. The van der Waals surface area contributed by atoms with Crippen molar-refractivity contribution in [2.24, 2.45) is 5.41 Å². The number of carbonyl (C=O) groups is 1. The van der Waals surface area contributed by atoms with Crippen LogP contribution in [-0.4, -0.2) is 19.7 Å². The van der Waals surface area contributed by atoms with Gasteiger partial charge in [-0.2, -0.15) is 0 Å². The summed E-state index contributed by atoms with van der Waals surface area (Å²) in [7, 11) is 1.46. The summed E-state index contributed by atoms with van der Waals surface area (Å²) in [5.41, 5.74) is 0.735. The van der Waals surface area contributed by atoms with Gasteiger partial charge in [0.2, 0.25) is 0 Å². The van der Waals surface area contributed by atoms with E-state index in [2.05, 4.69) is 0 Å². The van der Waals surface area contributed by atoms with Crippen molar-refractivity contribution in [1.29, 1.82) is 0 Å². The van der Waals surface area contributed by atoms with Crippen molar-refractivity contribution < 1.29 is 14.3 Å². The van der Waals surface area contributed by atoms with Gasteiger partial charge in [0, 0.05) is 0 Å². The summed E-state index contributed by atoms with van der Waals surface area (Å²) in [4.78, 5) is 11.9. The number of hydrogen-bond donors (Lipinski definition) is 0. The minimum Gasteiger partial charge on any atom is -0.469 e. The molecule has 1 saturated carbocycles. The van der Waals surface area contributed by atoms with E-state index < -0.39 is 5.41 Å². The van der Waals surface area contributed by atoms with Crippen LogP contribution in [0.15, 0.2) is 30.3 Å². The normalized spacial score (nSPS) is 17.6. The molecule has 0 aliphatic heterocycles. The molecule has 1 aliphatic rings. The fraction of sp³-hybridized carbons (Fsp3) is 0.533. The molecular weight excluding hydrogens is 228 g/mol. The first-order valence-corrected chi connectivity index (χ1v) is 6.47. The zero-order valence-corrected chi connectivity index (χ0v) is 10.9. The average Bonchev–Trinajstić information content (AvgIpc) is 2.89. The summed E-state index contributed by atoms with van der Waals surface area (Å²) in [5, 5.41) is 0. The van der Waals surface area contributed by atoms with E-state index in [9.17, 15) is 4.79 Å². The maximum atomic E-state index is 11.9. The monoisotopic (exact) mass is 248 g/mol. The largest absolute Gasteiger partial charge is 0.469 e. The second-order valence-corrected chi connectivity index (χ2v) is 4.96. The standard InChI is InChI=1S/C15H20O3/c1-17-14(16)15(9-5-6-10-15)12-18-11-13-7-3-2-4-8-13/h2-4,7-8H,5-6,9-12H2,1H3. The Labute approximate surface area is 108 Å². The number of ether oxygens (including phenoxy) is 2. The zero-order valence-electron chi connectivity index (χ0n) is 10.9. The summed E-state index contributed by atoms with van der Waals surface area (Å²) >= 11 is 0.